The van der Waals surface area contributed by atoms with Gasteiger partial charge in [0.05, 0.1) is 22.8 Å². The zero-order valence-electron chi connectivity index (χ0n) is 16.8. The van der Waals surface area contributed by atoms with Crippen LogP contribution in [0.4, 0.5) is 4.39 Å². The number of aromatic amines is 2. The summed E-state index contributed by atoms with van der Waals surface area (Å²) in [5, 5.41) is 7.83. The van der Waals surface area contributed by atoms with Crippen molar-refractivity contribution in [3.05, 3.63) is 101 Å². The van der Waals surface area contributed by atoms with Gasteiger partial charge in [0.15, 0.2) is 9.93 Å². The van der Waals surface area contributed by atoms with Crippen molar-refractivity contribution >= 4 is 24.0 Å². The Bertz CT molecular complexity index is 1350. The lowest BCUT2D eigenvalue weighted by Crippen LogP contribution is -2.02. The Morgan fingerprint density at radius 2 is 1.53 bits per heavy atom. The largest absolute Gasteiger partial charge is 0.332 e. The molecule has 0 bridgehead atoms. The van der Waals surface area contributed by atoms with Gasteiger partial charge in [0, 0.05) is 11.1 Å². The summed E-state index contributed by atoms with van der Waals surface area (Å²) in [7, 11) is 0. The summed E-state index contributed by atoms with van der Waals surface area (Å²) in [4.78, 5) is 8.31. The van der Waals surface area contributed by atoms with E-state index >= 15 is 0 Å². The fraction of sp³-hybridized carbons (Fsp3) is 0.0417. The molecule has 158 valence electrons. The number of halogens is 1. The second kappa shape index (κ2) is 8.94. The van der Waals surface area contributed by atoms with E-state index in [-0.39, 0.29) is 5.82 Å². The number of nitrogens with one attached hydrogen (secondary N) is 2. The number of H-pyrrole nitrogens is 2. The molecule has 5 nitrogen and oxygen atoms in total. The maximum Gasteiger partial charge on any atom is 0.199 e. The molecule has 2 heterocycles. The van der Waals surface area contributed by atoms with Crippen LogP contribution in [0.5, 0.6) is 0 Å². The quantitative estimate of drug-likeness (QED) is 0.227. The third-order valence-corrected chi connectivity index (χ3v) is 6.11. The third-order valence-electron chi connectivity index (χ3n) is 4.96. The van der Waals surface area contributed by atoms with Crippen molar-refractivity contribution in [3.63, 3.8) is 0 Å². The lowest BCUT2D eigenvalue weighted by molar-refractivity contribution is 0.615. The van der Waals surface area contributed by atoms with Gasteiger partial charge in [0.25, 0.3) is 0 Å². The van der Waals surface area contributed by atoms with Crippen LogP contribution in [0.15, 0.2) is 90.1 Å². The van der Waals surface area contributed by atoms with E-state index in [9.17, 15) is 4.39 Å². The number of imidazole rings is 1. The molecule has 2 aromatic heterocycles. The Balaban J connectivity index is 1.49. The van der Waals surface area contributed by atoms with Crippen LogP contribution in [0.2, 0.25) is 0 Å². The van der Waals surface area contributed by atoms with Gasteiger partial charge in [0.2, 0.25) is 0 Å². The van der Waals surface area contributed by atoms with E-state index in [2.05, 4.69) is 27.3 Å². The number of hydrogen-bond acceptors (Lipinski definition) is 4. The summed E-state index contributed by atoms with van der Waals surface area (Å²) in [6.07, 6.45) is 0. The number of para-hydroxylation sites is 1. The Morgan fingerprint density at radius 1 is 0.875 bits per heavy atom. The molecule has 0 fully saturated rings. The van der Waals surface area contributed by atoms with E-state index in [0.717, 1.165) is 27.7 Å². The monoisotopic (exact) mass is 459 g/mol. The van der Waals surface area contributed by atoms with Crippen LogP contribution < -0.4 is 0 Å². The number of benzene rings is 3. The third kappa shape index (κ3) is 4.02. The van der Waals surface area contributed by atoms with Gasteiger partial charge in [-0.05, 0) is 24.4 Å². The molecule has 0 amide bonds. The topological polar surface area (TPSA) is 62.3 Å². The van der Waals surface area contributed by atoms with Crippen LogP contribution in [-0.4, -0.2) is 24.7 Å². The number of hydrogen-bond donors (Lipinski definition) is 2. The average molecular weight is 460 g/mol. The first-order valence-electron chi connectivity index (χ1n) is 9.95. The Morgan fingerprint density at radius 3 is 2.25 bits per heavy atom. The van der Waals surface area contributed by atoms with Crippen molar-refractivity contribution in [1.82, 2.24) is 24.7 Å². The fourth-order valence-corrected chi connectivity index (χ4v) is 4.52. The highest BCUT2D eigenvalue weighted by molar-refractivity contribution is 7.98. The highest BCUT2D eigenvalue weighted by Crippen LogP contribution is 2.33. The van der Waals surface area contributed by atoms with Gasteiger partial charge in [-0.15, -0.1) is 0 Å². The molecule has 3 aromatic carbocycles. The standard InChI is InChI=1S/C24H18FN5S2/c25-18-13-7-8-14-19(18)30-20(28-29-24(30)31)15-32-23-26-21(16-9-3-1-4-10-16)22(27-23)17-11-5-2-6-12-17/h1-14H,15H2,(H,26,27)(H,29,31). The molecule has 0 aliphatic heterocycles. The molecular weight excluding hydrogens is 441 g/mol. The van der Waals surface area contributed by atoms with Gasteiger partial charge < -0.3 is 4.98 Å². The van der Waals surface area contributed by atoms with Gasteiger partial charge in [-0.1, -0.05) is 84.6 Å². The van der Waals surface area contributed by atoms with Gasteiger partial charge in [-0.25, -0.2) is 9.37 Å². The summed E-state index contributed by atoms with van der Waals surface area (Å²) in [6.45, 7) is 0. The second-order valence-corrected chi connectivity index (χ2v) is 8.37. The van der Waals surface area contributed by atoms with Crippen LogP contribution in [0.25, 0.3) is 28.2 Å². The molecule has 0 saturated carbocycles. The van der Waals surface area contributed by atoms with E-state index in [1.807, 2.05) is 48.5 Å². The lowest BCUT2D eigenvalue weighted by atomic mass is 10.1. The zero-order chi connectivity index (χ0) is 21.9. The molecule has 32 heavy (non-hydrogen) atoms. The molecule has 8 heteroatoms. The maximum absolute atomic E-state index is 14.4. The molecule has 0 aliphatic rings. The smallest absolute Gasteiger partial charge is 0.199 e. The van der Waals surface area contributed by atoms with E-state index in [0.29, 0.717) is 22.0 Å². The van der Waals surface area contributed by atoms with Gasteiger partial charge in [-0.3, -0.25) is 9.67 Å². The minimum Gasteiger partial charge on any atom is -0.332 e. The summed E-state index contributed by atoms with van der Waals surface area (Å²) in [6, 6.07) is 26.7. The molecule has 5 aromatic rings. The SMILES string of the molecule is Fc1ccccc1-n1c(CSc2nc(-c3ccccc3)c(-c3ccccc3)[nH]2)n[nH]c1=S. The maximum atomic E-state index is 14.4. The van der Waals surface area contributed by atoms with Crippen molar-refractivity contribution in [2.24, 2.45) is 0 Å². The molecular formula is C24H18FN5S2. The Hall–Kier alpha value is -3.49. The predicted octanol–water partition coefficient (Wildman–Crippen LogP) is 6.42. The van der Waals surface area contributed by atoms with E-state index < -0.39 is 0 Å². The first-order chi connectivity index (χ1) is 15.7. The summed E-state index contributed by atoms with van der Waals surface area (Å²) < 4.78 is 16.3. The second-order valence-electron chi connectivity index (χ2n) is 7.02. The molecule has 0 atom stereocenters. The van der Waals surface area contributed by atoms with Crippen molar-refractivity contribution in [2.45, 2.75) is 10.9 Å². The van der Waals surface area contributed by atoms with Crippen LogP contribution in [0.3, 0.4) is 0 Å². The van der Waals surface area contributed by atoms with Gasteiger partial charge in [0.1, 0.15) is 11.6 Å². The van der Waals surface area contributed by atoms with Crippen molar-refractivity contribution in [1.29, 1.82) is 0 Å². The first kappa shape index (κ1) is 20.4. The highest BCUT2D eigenvalue weighted by atomic mass is 32.2. The minimum absolute atomic E-state index is 0.347. The number of rotatable bonds is 6. The van der Waals surface area contributed by atoms with Crippen molar-refractivity contribution in [3.8, 4) is 28.2 Å². The molecule has 0 saturated heterocycles. The summed E-state index contributed by atoms with van der Waals surface area (Å²) >= 11 is 6.83. The first-order valence-corrected chi connectivity index (χ1v) is 11.3. The molecule has 5 rings (SSSR count). The molecule has 2 N–H and O–H groups in total. The van der Waals surface area contributed by atoms with E-state index in [1.165, 1.54) is 17.8 Å². The highest BCUT2D eigenvalue weighted by Gasteiger charge is 2.17. The van der Waals surface area contributed by atoms with Crippen LogP contribution in [0.1, 0.15) is 5.82 Å². The number of nitrogens with zero attached hydrogens (tertiary/aromatic N) is 3. The average Bonchev–Trinajstić information content (AvgIpc) is 3.43. The molecule has 0 unspecified atom stereocenters. The molecule has 0 aliphatic carbocycles. The van der Waals surface area contributed by atoms with Gasteiger partial charge >= 0.3 is 0 Å². The normalized spacial score (nSPS) is 11.0. The summed E-state index contributed by atoms with van der Waals surface area (Å²) in [5.74, 6) is 0.716. The van der Waals surface area contributed by atoms with Crippen LogP contribution in [0, 0.1) is 10.6 Å². The van der Waals surface area contributed by atoms with Crippen molar-refractivity contribution in [2.75, 3.05) is 0 Å². The van der Waals surface area contributed by atoms with Crippen LogP contribution in [-0.2, 0) is 5.75 Å². The van der Waals surface area contributed by atoms with E-state index in [1.54, 1.807) is 22.8 Å². The van der Waals surface area contributed by atoms with E-state index in [4.69, 9.17) is 17.2 Å². The fourth-order valence-electron chi connectivity index (χ4n) is 3.48. The molecule has 0 radical (unpaired) electrons. The lowest BCUT2D eigenvalue weighted by Gasteiger charge is -2.07. The molecule has 0 spiro atoms. The van der Waals surface area contributed by atoms with Crippen LogP contribution >= 0.6 is 24.0 Å². The minimum atomic E-state index is -0.355. The number of aromatic nitrogens is 5. The van der Waals surface area contributed by atoms with Gasteiger partial charge in [-0.2, -0.15) is 5.10 Å². The Labute approximate surface area is 193 Å². The number of thioether (sulfide) groups is 1. The van der Waals surface area contributed by atoms with Crippen molar-refractivity contribution < 1.29 is 4.39 Å². The summed E-state index contributed by atoms with van der Waals surface area (Å²) in [5.41, 5.74) is 4.29. The zero-order valence-corrected chi connectivity index (χ0v) is 18.5. The Kier molecular flexibility index (Phi) is 5.70. The predicted molar refractivity (Wildman–Crippen MR) is 128 cm³/mol.